The first-order valence-corrected chi connectivity index (χ1v) is 30.5. The van der Waals surface area contributed by atoms with Gasteiger partial charge in [-0.3, -0.25) is 14.4 Å². The molecule has 6 nitrogen and oxygen atoms in total. The fourth-order valence-electron chi connectivity index (χ4n) is 9.00. The molecule has 6 heteroatoms. The lowest BCUT2D eigenvalue weighted by Gasteiger charge is -2.18. The van der Waals surface area contributed by atoms with Crippen molar-refractivity contribution in [3.63, 3.8) is 0 Å². The number of esters is 3. The van der Waals surface area contributed by atoms with Gasteiger partial charge in [-0.15, -0.1) is 0 Å². The molecule has 0 fully saturated rings. The molecular formula is C63H116O6. The summed E-state index contributed by atoms with van der Waals surface area (Å²) in [6, 6.07) is 0. The van der Waals surface area contributed by atoms with Gasteiger partial charge in [-0.2, -0.15) is 0 Å². The predicted molar refractivity (Wildman–Crippen MR) is 298 cm³/mol. The maximum atomic E-state index is 12.8. The summed E-state index contributed by atoms with van der Waals surface area (Å²) < 4.78 is 16.9. The minimum absolute atomic E-state index is 0.0715. The van der Waals surface area contributed by atoms with Gasteiger partial charge in [0.15, 0.2) is 6.10 Å². The van der Waals surface area contributed by atoms with Crippen LogP contribution in [0.1, 0.15) is 329 Å². The molecule has 0 aromatic heterocycles. The number of ether oxygens (including phenoxy) is 3. The molecule has 1 unspecified atom stereocenters. The predicted octanol–water partition coefficient (Wildman–Crippen LogP) is 20.4. The Labute approximate surface area is 429 Å². The number of rotatable bonds is 56. The number of carbonyl (C=O) groups excluding carboxylic acids is 3. The molecule has 0 aliphatic rings. The summed E-state index contributed by atoms with van der Waals surface area (Å²) in [5, 5.41) is 0. The third-order valence-corrected chi connectivity index (χ3v) is 13.6. The van der Waals surface area contributed by atoms with E-state index in [0.29, 0.717) is 19.3 Å². The highest BCUT2D eigenvalue weighted by atomic mass is 16.6. The molecule has 0 aromatic rings. The van der Waals surface area contributed by atoms with E-state index in [4.69, 9.17) is 14.2 Å². The maximum absolute atomic E-state index is 12.8. The molecule has 0 bridgehead atoms. The second-order valence-electron chi connectivity index (χ2n) is 20.6. The van der Waals surface area contributed by atoms with Crippen LogP contribution in [-0.2, 0) is 28.6 Å². The van der Waals surface area contributed by atoms with Crippen molar-refractivity contribution in [2.75, 3.05) is 13.2 Å². The Bertz CT molecular complexity index is 1160. The zero-order valence-electron chi connectivity index (χ0n) is 46.3. The Balaban J connectivity index is 4.21. The summed E-state index contributed by atoms with van der Waals surface area (Å²) >= 11 is 0. The van der Waals surface area contributed by atoms with E-state index < -0.39 is 6.10 Å². The highest BCUT2D eigenvalue weighted by Gasteiger charge is 2.19. The van der Waals surface area contributed by atoms with Crippen LogP contribution in [0, 0.1) is 0 Å². The Kier molecular flexibility index (Phi) is 56.2. The molecule has 69 heavy (non-hydrogen) atoms. The van der Waals surface area contributed by atoms with Crippen molar-refractivity contribution in [1.82, 2.24) is 0 Å². The molecule has 0 saturated heterocycles. The van der Waals surface area contributed by atoms with E-state index in [9.17, 15) is 14.4 Å². The number of hydrogen-bond acceptors (Lipinski definition) is 6. The standard InChI is InChI=1S/C63H116O6/c1-4-7-10-13-16-19-22-24-26-27-28-29-30-31-32-33-34-35-37-38-41-44-47-50-53-56-62(65)68-59-60(58-67-61(64)55-52-49-46-43-40-21-18-15-12-9-6-3)69-63(66)57-54-51-48-45-42-39-36-25-23-20-17-14-11-8-5-2/h22,24-25,27-28,36,60H,4-21,23,26,29-35,37-59H2,1-3H3/b24-22-,28-27-,36-25-. The summed E-state index contributed by atoms with van der Waals surface area (Å²) in [4.78, 5) is 38.1. The monoisotopic (exact) mass is 969 g/mol. The van der Waals surface area contributed by atoms with Gasteiger partial charge in [0.05, 0.1) is 0 Å². The zero-order valence-corrected chi connectivity index (χ0v) is 46.3. The lowest BCUT2D eigenvalue weighted by Crippen LogP contribution is -2.30. The number of unbranched alkanes of at least 4 members (excludes halogenated alkanes) is 39. The van der Waals surface area contributed by atoms with Gasteiger partial charge in [0.1, 0.15) is 13.2 Å². The van der Waals surface area contributed by atoms with Gasteiger partial charge in [-0.1, -0.05) is 269 Å². The molecule has 0 aliphatic carbocycles. The Hall–Kier alpha value is -2.37. The van der Waals surface area contributed by atoms with E-state index in [0.717, 1.165) is 70.6 Å². The van der Waals surface area contributed by atoms with Crippen LogP contribution >= 0.6 is 0 Å². The van der Waals surface area contributed by atoms with E-state index in [-0.39, 0.29) is 31.1 Å². The Morgan fingerprint density at radius 3 is 0.812 bits per heavy atom. The fourth-order valence-corrected chi connectivity index (χ4v) is 9.00. The van der Waals surface area contributed by atoms with Gasteiger partial charge in [-0.25, -0.2) is 0 Å². The maximum Gasteiger partial charge on any atom is 0.306 e. The van der Waals surface area contributed by atoms with Crippen LogP contribution in [0.4, 0.5) is 0 Å². The normalized spacial score (nSPS) is 12.2. The smallest absolute Gasteiger partial charge is 0.306 e. The molecule has 404 valence electrons. The van der Waals surface area contributed by atoms with E-state index in [1.54, 1.807) is 0 Å². The Morgan fingerprint density at radius 2 is 0.522 bits per heavy atom. The molecule has 0 rings (SSSR count). The SMILES string of the molecule is CCCCCCC/C=C\C/C=C\CCCCCCCCCCCCCCCC(=O)OCC(COC(=O)CCCCCCCCCCCCC)OC(=O)CCCCCCC/C=C\CCCCCCCC. The third kappa shape index (κ3) is 56.4. The first kappa shape index (κ1) is 66.6. The van der Waals surface area contributed by atoms with E-state index in [1.165, 1.54) is 218 Å². The number of carbonyl (C=O) groups is 3. The van der Waals surface area contributed by atoms with Crippen LogP contribution in [0.2, 0.25) is 0 Å². The molecule has 0 heterocycles. The molecule has 0 saturated carbocycles. The van der Waals surface area contributed by atoms with Crippen molar-refractivity contribution in [2.45, 2.75) is 335 Å². The summed E-state index contributed by atoms with van der Waals surface area (Å²) in [7, 11) is 0. The van der Waals surface area contributed by atoms with Crippen LogP contribution in [0.15, 0.2) is 36.5 Å². The molecule has 0 aliphatic heterocycles. The molecule has 0 N–H and O–H groups in total. The minimum Gasteiger partial charge on any atom is -0.462 e. The summed E-state index contributed by atoms with van der Waals surface area (Å²) in [6.07, 6.45) is 70.0. The van der Waals surface area contributed by atoms with Crippen molar-refractivity contribution in [1.29, 1.82) is 0 Å². The third-order valence-electron chi connectivity index (χ3n) is 13.6. The minimum atomic E-state index is -0.773. The Morgan fingerprint density at radius 1 is 0.290 bits per heavy atom. The van der Waals surface area contributed by atoms with Gasteiger partial charge in [0.2, 0.25) is 0 Å². The van der Waals surface area contributed by atoms with Gasteiger partial charge in [0, 0.05) is 19.3 Å². The van der Waals surface area contributed by atoms with Crippen molar-refractivity contribution in [2.24, 2.45) is 0 Å². The zero-order chi connectivity index (χ0) is 50.0. The first-order valence-electron chi connectivity index (χ1n) is 30.5. The average molecular weight is 970 g/mol. The summed E-state index contributed by atoms with van der Waals surface area (Å²) in [6.45, 7) is 6.65. The second-order valence-corrected chi connectivity index (χ2v) is 20.6. The van der Waals surface area contributed by atoms with Gasteiger partial charge < -0.3 is 14.2 Å². The van der Waals surface area contributed by atoms with Crippen LogP contribution in [0.3, 0.4) is 0 Å². The van der Waals surface area contributed by atoms with Crippen LogP contribution in [0.25, 0.3) is 0 Å². The van der Waals surface area contributed by atoms with Gasteiger partial charge in [-0.05, 0) is 77.0 Å². The number of allylic oxidation sites excluding steroid dienone is 6. The molecule has 0 amide bonds. The van der Waals surface area contributed by atoms with Crippen LogP contribution in [0.5, 0.6) is 0 Å². The van der Waals surface area contributed by atoms with Gasteiger partial charge in [0.25, 0.3) is 0 Å². The first-order chi connectivity index (χ1) is 34.0. The van der Waals surface area contributed by atoms with Gasteiger partial charge >= 0.3 is 17.9 Å². The molecule has 1 atom stereocenters. The van der Waals surface area contributed by atoms with E-state index in [2.05, 4.69) is 57.2 Å². The molecule has 0 radical (unpaired) electrons. The van der Waals surface area contributed by atoms with Crippen molar-refractivity contribution in [3.05, 3.63) is 36.5 Å². The van der Waals surface area contributed by atoms with Crippen LogP contribution in [-0.4, -0.2) is 37.2 Å². The van der Waals surface area contributed by atoms with Crippen molar-refractivity contribution in [3.8, 4) is 0 Å². The van der Waals surface area contributed by atoms with Crippen LogP contribution < -0.4 is 0 Å². The fraction of sp³-hybridized carbons (Fsp3) is 0.857. The summed E-state index contributed by atoms with van der Waals surface area (Å²) in [5.41, 5.74) is 0. The average Bonchev–Trinajstić information content (AvgIpc) is 3.35. The quantitative estimate of drug-likeness (QED) is 0.0261. The van der Waals surface area contributed by atoms with E-state index >= 15 is 0 Å². The topological polar surface area (TPSA) is 78.9 Å². The molecular weight excluding hydrogens is 853 g/mol. The van der Waals surface area contributed by atoms with E-state index in [1.807, 2.05) is 0 Å². The van der Waals surface area contributed by atoms with Crippen molar-refractivity contribution >= 4 is 17.9 Å². The largest absolute Gasteiger partial charge is 0.462 e. The number of hydrogen-bond donors (Lipinski definition) is 0. The molecule has 0 spiro atoms. The summed E-state index contributed by atoms with van der Waals surface area (Å²) in [5.74, 6) is -0.863. The van der Waals surface area contributed by atoms with Crippen molar-refractivity contribution < 1.29 is 28.6 Å². The second kappa shape index (κ2) is 58.2. The lowest BCUT2D eigenvalue weighted by molar-refractivity contribution is -0.167. The lowest BCUT2D eigenvalue weighted by atomic mass is 10.0. The highest BCUT2D eigenvalue weighted by molar-refractivity contribution is 5.71. The highest BCUT2D eigenvalue weighted by Crippen LogP contribution is 2.17. The molecule has 0 aromatic carbocycles.